The molecule has 9 rings (SSSR count). The summed E-state index contributed by atoms with van der Waals surface area (Å²) in [6, 6.07) is 43.5. The van der Waals surface area contributed by atoms with Gasteiger partial charge in [-0.2, -0.15) is 6.07 Å². The van der Waals surface area contributed by atoms with Crippen molar-refractivity contribution in [2.75, 3.05) is 16.8 Å². The van der Waals surface area contributed by atoms with Crippen molar-refractivity contribution in [1.82, 2.24) is 4.57 Å². The van der Waals surface area contributed by atoms with Gasteiger partial charge >= 0.3 is 21.1 Å². The number of anilines is 3. The Bertz CT molecular complexity index is 2490. The van der Waals surface area contributed by atoms with Crippen molar-refractivity contribution in [1.29, 1.82) is 0 Å². The number of hydrogen-bond donors (Lipinski definition) is 0. The van der Waals surface area contributed by atoms with Crippen LogP contribution in [-0.2, 0) is 26.5 Å². The summed E-state index contributed by atoms with van der Waals surface area (Å²) in [7, 11) is 6.47. The normalized spacial score (nSPS) is 12.9. The van der Waals surface area contributed by atoms with Crippen molar-refractivity contribution >= 4 is 38.9 Å². The van der Waals surface area contributed by atoms with Gasteiger partial charge in [0.15, 0.2) is 5.82 Å². The summed E-state index contributed by atoms with van der Waals surface area (Å²) in [6.07, 6.45) is 2.00. The number of nitrogens with zero attached hydrogens (tertiary/aromatic N) is 4. The smallest absolute Gasteiger partial charge is 0.509 e. The summed E-state index contributed by atoms with van der Waals surface area (Å²) in [5.74, 6) is 3.09. The van der Waals surface area contributed by atoms with Gasteiger partial charge in [0.1, 0.15) is 11.3 Å². The molecule has 5 aromatic carbocycles. The molecular weight excluding hydrogens is 796 g/mol. The fourth-order valence-corrected chi connectivity index (χ4v) is 7.30. The Morgan fingerprint density at radius 1 is 0.740 bits per heavy atom. The summed E-state index contributed by atoms with van der Waals surface area (Å²) >= 11 is 0. The van der Waals surface area contributed by atoms with Crippen LogP contribution in [0.15, 0.2) is 122 Å². The van der Waals surface area contributed by atoms with Crippen molar-refractivity contribution in [3.63, 3.8) is 0 Å². The molecule has 2 aliphatic heterocycles. The van der Waals surface area contributed by atoms with Gasteiger partial charge in [0.05, 0.1) is 11.4 Å². The van der Waals surface area contributed by atoms with Gasteiger partial charge < -0.3 is 19.1 Å². The minimum atomic E-state index is -0.124. The van der Waals surface area contributed by atoms with Crippen LogP contribution < -0.4 is 19.1 Å². The molecule has 0 aliphatic carbocycles. The van der Waals surface area contributed by atoms with Gasteiger partial charge in [0, 0.05) is 35.2 Å². The van der Waals surface area contributed by atoms with Crippen LogP contribution in [-0.4, -0.2) is 11.6 Å². The first-order valence-electron chi connectivity index (χ1n) is 16.2. The molecule has 0 fully saturated rings. The van der Waals surface area contributed by atoms with Gasteiger partial charge in [-0.05, 0) is 47.3 Å². The zero-order chi connectivity index (χ0) is 32.9. The maximum Gasteiger partial charge on any atom is 2.00 e. The number of benzene rings is 5. The summed E-state index contributed by atoms with van der Waals surface area (Å²) in [5.41, 5.74) is 10.8. The van der Waals surface area contributed by atoms with Crippen LogP contribution in [0.4, 0.5) is 17.1 Å². The Morgan fingerprint density at radius 2 is 1.42 bits per heavy atom. The van der Waals surface area contributed by atoms with Crippen molar-refractivity contribution in [2.45, 2.75) is 33.6 Å². The van der Waals surface area contributed by atoms with Gasteiger partial charge in [-0.25, -0.2) is 0 Å². The predicted octanol–water partition coefficient (Wildman–Crippen LogP) is 10.7. The van der Waals surface area contributed by atoms with Gasteiger partial charge in [-0.1, -0.05) is 119 Å². The van der Waals surface area contributed by atoms with Crippen molar-refractivity contribution in [3.8, 4) is 39.6 Å². The first-order chi connectivity index (χ1) is 23.2. The van der Waals surface area contributed by atoms with E-state index in [2.05, 4.69) is 158 Å². The zero-order valence-electron chi connectivity index (χ0n) is 27.8. The van der Waals surface area contributed by atoms with Crippen molar-refractivity contribution in [2.24, 2.45) is 0 Å². The molecule has 0 unspecified atom stereocenters. The Balaban J connectivity index is 0.00000196. The van der Waals surface area contributed by atoms with E-state index in [0.29, 0.717) is 11.5 Å². The third-order valence-corrected chi connectivity index (χ3v) is 9.72. The number of aromatic nitrogens is 2. The molecule has 0 saturated carbocycles. The fourth-order valence-electron chi connectivity index (χ4n) is 7.30. The second-order valence-electron chi connectivity index (χ2n) is 13.7. The number of para-hydroxylation sites is 3. The minimum Gasteiger partial charge on any atom is -0.509 e. The average Bonchev–Trinajstić information content (AvgIpc) is 3.49. The van der Waals surface area contributed by atoms with Crippen LogP contribution in [0.1, 0.15) is 33.8 Å². The molecule has 50 heavy (non-hydrogen) atoms. The quantitative estimate of drug-likeness (QED) is 0.131. The van der Waals surface area contributed by atoms with E-state index in [1.807, 2.05) is 23.9 Å². The molecular formula is C44H38N4OPt. The molecule has 0 amide bonds. The second kappa shape index (κ2) is 12.0. The van der Waals surface area contributed by atoms with E-state index >= 15 is 0 Å². The molecule has 0 atom stereocenters. The van der Waals surface area contributed by atoms with Crippen LogP contribution >= 0.6 is 0 Å². The van der Waals surface area contributed by atoms with E-state index in [9.17, 15) is 0 Å². The molecule has 0 N–H and O–H groups in total. The Labute approximate surface area is 308 Å². The van der Waals surface area contributed by atoms with Crippen LogP contribution in [0, 0.1) is 19.2 Å². The zero-order valence-corrected chi connectivity index (χ0v) is 30.1. The van der Waals surface area contributed by atoms with Gasteiger partial charge in [-0.3, -0.25) is 4.57 Å². The molecule has 4 heterocycles. The molecule has 0 spiro atoms. The number of pyridine rings is 1. The molecule has 5 nitrogen and oxygen atoms in total. The largest absolute Gasteiger partial charge is 2.00 e. The first-order valence-corrected chi connectivity index (χ1v) is 16.2. The van der Waals surface area contributed by atoms with Gasteiger partial charge in [-0.15, -0.1) is 29.8 Å². The standard InChI is InChI=1S/C43H34N4O.CH4.Pt/c1-27-45(6)38-18-9-10-19-39(38)46(27)29-23-28(43(2,3)4)24-31(25-29)48-30-20-21-34-36-16-11-15-35-32-13-7-8-14-33(32)37-17-12-22-44(5)42(37)47(41(35)36)40(34)26-30;;/h7-24H,1,5H2,2-4,6H3;1H4;/q-2;;+2. The maximum atomic E-state index is 6.71. The molecule has 0 saturated heterocycles. The van der Waals surface area contributed by atoms with E-state index in [4.69, 9.17) is 4.74 Å². The molecule has 7 aromatic rings. The van der Waals surface area contributed by atoms with Crippen molar-refractivity contribution in [3.05, 3.63) is 146 Å². The Kier molecular flexibility index (Phi) is 7.96. The topological polar surface area (TPSA) is 24.5 Å². The van der Waals surface area contributed by atoms with E-state index in [0.717, 1.165) is 61.6 Å². The third-order valence-electron chi connectivity index (χ3n) is 9.72. The van der Waals surface area contributed by atoms with Crippen LogP contribution in [0.25, 0.3) is 49.9 Å². The molecule has 2 aliphatic rings. The Hall–Kier alpha value is -5.25. The second-order valence-corrected chi connectivity index (χ2v) is 13.7. The van der Waals surface area contributed by atoms with Gasteiger partial charge in [0.2, 0.25) is 0 Å². The molecule has 6 heteroatoms. The third kappa shape index (κ3) is 4.87. The molecule has 2 aromatic heterocycles. The first kappa shape index (κ1) is 33.3. The average molecular weight is 834 g/mol. The maximum absolute atomic E-state index is 6.71. The molecule has 250 valence electrons. The van der Waals surface area contributed by atoms with Crippen LogP contribution in [0.5, 0.6) is 11.5 Å². The summed E-state index contributed by atoms with van der Waals surface area (Å²) in [4.78, 5) is 4.26. The van der Waals surface area contributed by atoms with E-state index in [1.54, 1.807) is 0 Å². The number of ether oxygens (including phenoxy) is 1. The van der Waals surface area contributed by atoms with E-state index in [-0.39, 0.29) is 33.9 Å². The summed E-state index contributed by atoms with van der Waals surface area (Å²) in [5, 5.41) is 2.27. The van der Waals surface area contributed by atoms with Crippen LogP contribution in [0.3, 0.4) is 0 Å². The van der Waals surface area contributed by atoms with Gasteiger partial charge in [0.25, 0.3) is 0 Å². The van der Waals surface area contributed by atoms with Crippen LogP contribution in [0.2, 0.25) is 0 Å². The predicted molar refractivity (Wildman–Crippen MR) is 202 cm³/mol. The van der Waals surface area contributed by atoms with E-state index < -0.39 is 0 Å². The minimum absolute atomic E-state index is 0. The molecule has 0 radical (unpaired) electrons. The summed E-state index contributed by atoms with van der Waals surface area (Å²) in [6.45, 7) is 11.1. The monoisotopic (exact) mass is 833 g/mol. The summed E-state index contributed by atoms with van der Waals surface area (Å²) < 4.78 is 11.0. The fraction of sp³-hybridized carbons (Fsp3) is 0.136. The molecule has 0 bridgehead atoms. The van der Waals surface area contributed by atoms with E-state index in [1.165, 1.54) is 16.7 Å². The Morgan fingerprint density at radius 3 is 2.18 bits per heavy atom. The number of fused-ring (bicyclic) bond motifs is 9. The van der Waals surface area contributed by atoms with Crippen molar-refractivity contribution < 1.29 is 30.4 Å². The SMILES string of the molecule is C.C=C1N(C)c2ccccc2N1c1[c-]c(Oc2[c-]c3c(cc2)c2cccc4c2n3-c2c(ccc[n+]2[CH2-])-c2ccccc2-4)cc(C(C)(C)C)c1.[Pt+2]. The number of hydrogen-bond acceptors (Lipinski definition) is 3. The number of rotatable bonds is 3.